The van der Waals surface area contributed by atoms with Gasteiger partial charge in [0, 0.05) is 75.0 Å². The molecule has 8 aromatic carbocycles. The van der Waals surface area contributed by atoms with Gasteiger partial charge in [0.15, 0.2) is 5.82 Å². The zero-order valence-electron chi connectivity index (χ0n) is 32.2. The fourth-order valence-electron chi connectivity index (χ4n) is 8.59. The van der Waals surface area contributed by atoms with Crippen molar-refractivity contribution in [2.24, 2.45) is 0 Å². The second-order valence-corrected chi connectivity index (χ2v) is 17.4. The van der Waals surface area contributed by atoms with Gasteiger partial charge in [-0.15, -0.1) is 22.7 Å². The van der Waals surface area contributed by atoms with Gasteiger partial charge in [0.1, 0.15) is 0 Å². The highest BCUT2D eigenvalue weighted by molar-refractivity contribution is 7.26. The third-order valence-electron chi connectivity index (χ3n) is 11.6. The lowest BCUT2D eigenvalue weighted by Gasteiger charge is -2.15. The summed E-state index contributed by atoms with van der Waals surface area (Å²) in [5.74, 6) is 0.670. The monoisotopic (exact) mass is 799 g/mol. The highest BCUT2D eigenvalue weighted by atomic mass is 32.1. The lowest BCUT2D eigenvalue weighted by molar-refractivity contribution is 1.18. The molecule has 0 aliphatic rings. The van der Waals surface area contributed by atoms with E-state index in [2.05, 4.69) is 187 Å². The molecule has 5 heteroatoms. The molecule has 0 aliphatic heterocycles. The summed E-state index contributed by atoms with van der Waals surface area (Å²) >= 11 is 3.69. The van der Waals surface area contributed by atoms with E-state index in [-0.39, 0.29) is 0 Å². The SMILES string of the molecule is c1cncc(-c2ccccc2-c2cc(-c3ccc4ccccc4c3)nc(-c3cc(-c4ccc5sc6ccccc6c5c4)cc(-c4ccc5sc6ccccc6c5c4)c3)n2)c1. The van der Waals surface area contributed by atoms with Gasteiger partial charge in [0.2, 0.25) is 0 Å². The second-order valence-electron chi connectivity index (χ2n) is 15.2. The maximum Gasteiger partial charge on any atom is 0.160 e. The summed E-state index contributed by atoms with van der Waals surface area (Å²) in [6.45, 7) is 0. The molecule has 0 radical (unpaired) electrons. The van der Waals surface area contributed by atoms with Crippen molar-refractivity contribution in [2.75, 3.05) is 0 Å². The topological polar surface area (TPSA) is 38.7 Å². The summed E-state index contributed by atoms with van der Waals surface area (Å²) in [6.07, 6.45) is 3.73. The maximum atomic E-state index is 5.45. The van der Waals surface area contributed by atoms with Crippen LogP contribution in [0.2, 0.25) is 0 Å². The highest BCUT2D eigenvalue weighted by Gasteiger charge is 2.18. The van der Waals surface area contributed by atoms with Gasteiger partial charge in [-0.05, 0) is 111 Å². The molecular formula is C55H33N3S2. The number of pyridine rings is 1. The number of hydrogen-bond donors (Lipinski definition) is 0. The first-order valence-electron chi connectivity index (χ1n) is 20.1. The van der Waals surface area contributed by atoms with Crippen LogP contribution in [-0.4, -0.2) is 15.0 Å². The summed E-state index contributed by atoms with van der Waals surface area (Å²) in [5, 5.41) is 7.48. The second kappa shape index (κ2) is 14.2. The molecule has 4 aromatic heterocycles. The Morgan fingerprint density at radius 3 is 1.57 bits per heavy atom. The summed E-state index contributed by atoms with van der Waals surface area (Å²) in [7, 11) is 0. The summed E-state index contributed by atoms with van der Waals surface area (Å²) in [5.41, 5.74) is 11.4. The molecule has 0 unspecified atom stereocenters. The summed E-state index contributed by atoms with van der Waals surface area (Å²) in [6, 6.07) is 67.8. The predicted octanol–water partition coefficient (Wildman–Crippen LogP) is 15.8. The molecule has 0 aliphatic carbocycles. The molecule has 280 valence electrons. The highest BCUT2D eigenvalue weighted by Crippen LogP contribution is 2.42. The Bertz CT molecular complexity index is 3490. The van der Waals surface area contributed by atoms with Crippen molar-refractivity contribution in [2.45, 2.75) is 0 Å². The van der Waals surface area contributed by atoms with Crippen LogP contribution in [0.3, 0.4) is 0 Å². The first-order chi connectivity index (χ1) is 29.7. The normalized spacial score (nSPS) is 11.7. The Labute approximate surface area is 354 Å². The van der Waals surface area contributed by atoms with Gasteiger partial charge < -0.3 is 0 Å². The number of fused-ring (bicyclic) bond motifs is 7. The van der Waals surface area contributed by atoms with Crippen molar-refractivity contribution in [3.8, 4) is 67.3 Å². The predicted molar refractivity (Wildman–Crippen MR) is 256 cm³/mol. The van der Waals surface area contributed by atoms with Gasteiger partial charge in [-0.25, -0.2) is 9.97 Å². The number of aromatic nitrogens is 3. The van der Waals surface area contributed by atoms with Gasteiger partial charge in [-0.3, -0.25) is 4.98 Å². The van der Waals surface area contributed by atoms with E-state index in [0.29, 0.717) is 5.82 Å². The molecule has 0 spiro atoms. The first-order valence-corrected chi connectivity index (χ1v) is 21.7. The number of thiophene rings is 2. The van der Waals surface area contributed by atoms with E-state index >= 15 is 0 Å². The van der Waals surface area contributed by atoms with Crippen LogP contribution in [0.1, 0.15) is 0 Å². The number of rotatable bonds is 6. The number of benzene rings is 8. The van der Waals surface area contributed by atoms with Gasteiger partial charge in [-0.1, -0.05) is 115 Å². The quantitative estimate of drug-likeness (QED) is 0.168. The van der Waals surface area contributed by atoms with Gasteiger partial charge in [-0.2, -0.15) is 0 Å². The molecule has 0 atom stereocenters. The van der Waals surface area contributed by atoms with E-state index in [1.807, 2.05) is 41.1 Å². The lowest BCUT2D eigenvalue weighted by Crippen LogP contribution is -1.98. The first kappa shape index (κ1) is 34.7. The van der Waals surface area contributed by atoms with Crippen LogP contribution in [0.15, 0.2) is 200 Å². The zero-order chi connectivity index (χ0) is 39.6. The molecule has 0 bridgehead atoms. The molecular weight excluding hydrogens is 767 g/mol. The van der Waals surface area contributed by atoms with E-state index in [9.17, 15) is 0 Å². The summed E-state index contributed by atoms with van der Waals surface area (Å²) < 4.78 is 5.17. The van der Waals surface area contributed by atoms with E-state index in [0.717, 1.165) is 61.5 Å². The molecule has 60 heavy (non-hydrogen) atoms. The Kier molecular flexibility index (Phi) is 8.22. The van der Waals surface area contributed by atoms with Crippen LogP contribution in [0.4, 0.5) is 0 Å². The van der Waals surface area contributed by atoms with E-state index in [1.54, 1.807) is 0 Å². The molecule has 0 amide bonds. The van der Waals surface area contributed by atoms with Gasteiger partial charge in [0.05, 0.1) is 11.4 Å². The molecule has 0 N–H and O–H groups in total. The van der Waals surface area contributed by atoms with Crippen molar-refractivity contribution in [3.05, 3.63) is 200 Å². The lowest BCUT2D eigenvalue weighted by atomic mass is 9.94. The smallest absolute Gasteiger partial charge is 0.160 e. The van der Waals surface area contributed by atoms with Crippen LogP contribution in [0.5, 0.6) is 0 Å². The minimum atomic E-state index is 0.670. The molecule has 0 fully saturated rings. The molecule has 12 aromatic rings. The minimum Gasteiger partial charge on any atom is -0.264 e. The van der Waals surface area contributed by atoms with E-state index < -0.39 is 0 Å². The average molecular weight is 800 g/mol. The standard InChI is InChI=1S/C55H33N3S2/c1-2-11-35-26-38(20-19-34(35)10-1)49-32-50(44-14-4-3-13-43(44)39-12-9-25-56-33-39)58-55(57-49)42-28-40(36-21-23-53-47(30-36)45-15-5-7-17-51(45)59-53)27-41(29-42)37-22-24-54-48(31-37)46-16-6-8-18-52(46)60-54/h1-33H. The Hall–Kier alpha value is -7.31. The maximum absolute atomic E-state index is 5.45. The third-order valence-corrected chi connectivity index (χ3v) is 13.9. The van der Waals surface area contributed by atoms with Crippen LogP contribution in [0.25, 0.3) is 118 Å². The van der Waals surface area contributed by atoms with Gasteiger partial charge >= 0.3 is 0 Å². The van der Waals surface area contributed by atoms with E-state index in [4.69, 9.17) is 9.97 Å². The molecule has 0 saturated carbocycles. The van der Waals surface area contributed by atoms with Crippen LogP contribution < -0.4 is 0 Å². The Balaban J connectivity index is 1.11. The van der Waals surface area contributed by atoms with Gasteiger partial charge in [0.25, 0.3) is 0 Å². The van der Waals surface area contributed by atoms with Crippen LogP contribution in [-0.2, 0) is 0 Å². The van der Waals surface area contributed by atoms with Crippen molar-refractivity contribution < 1.29 is 0 Å². The third kappa shape index (κ3) is 6.06. The number of nitrogens with zero attached hydrogens (tertiary/aromatic N) is 3. The Morgan fingerprint density at radius 1 is 0.317 bits per heavy atom. The molecule has 0 saturated heterocycles. The van der Waals surface area contributed by atoms with Crippen molar-refractivity contribution in [3.63, 3.8) is 0 Å². The average Bonchev–Trinajstić information content (AvgIpc) is 3.89. The van der Waals surface area contributed by atoms with Crippen molar-refractivity contribution in [1.29, 1.82) is 0 Å². The summed E-state index contributed by atoms with van der Waals surface area (Å²) in [4.78, 5) is 15.3. The Morgan fingerprint density at radius 2 is 0.883 bits per heavy atom. The van der Waals surface area contributed by atoms with Crippen molar-refractivity contribution >= 4 is 73.8 Å². The fraction of sp³-hybridized carbons (Fsp3) is 0. The fourth-order valence-corrected chi connectivity index (χ4v) is 10.8. The number of hydrogen-bond acceptors (Lipinski definition) is 5. The van der Waals surface area contributed by atoms with Crippen LogP contribution >= 0.6 is 22.7 Å². The van der Waals surface area contributed by atoms with Crippen molar-refractivity contribution in [1.82, 2.24) is 15.0 Å². The largest absolute Gasteiger partial charge is 0.264 e. The molecule has 4 heterocycles. The van der Waals surface area contributed by atoms with E-state index in [1.165, 1.54) is 51.1 Å². The minimum absolute atomic E-state index is 0.670. The van der Waals surface area contributed by atoms with Crippen LogP contribution in [0, 0.1) is 0 Å². The molecule has 3 nitrogen and oxygen atoms in total. The zero-order valence-corrected chi connectivity index (χ0v) is 33.8. The molecule has 12 rings (SSSR count).